The van der Waals surface area contributed by atoms with Crippen LogP contribution in [0.25, 0.3) is 6.08 Å². The number of cyclic esters (lactones) is 1. The third-order valence-corrected chi connectivity index (χ3v) is 3.25. The van der Waals surface area contributed by atoms with Crippen LogP contribution in [-0.4, -0.2) is 11.9 Å². The van der Waals surface area contributed by atoms with Crippen LogP contribution in [0.5, 0.6) is 0 Å². The Morgan fingerprint density at radius 3 is 2.63 bits per heavy atom. The highest BCUT2D eigenvalue weighted by Crippen LogP contribution is 2.19. The number of halogens is 1. The van der Waals surface area contributed by atoms with Gasteiger partial charge in [-0.1, -0.05) is 12.1 Å². The maximum absolute atomic E-state index is 11.7. The van der Waals surface area contributed by atoms with E-state index in [1.165, 1.54) is 6.26 Å². The highest BCUT2D eigenvalue weighted by molar-refractivity contribution is 14.1. The minimum absolute atomic E-state index is 0.201. The molecule has 3 rings (SSSR count). The van der Waals surface area contributed by atoms with E-state index >= 15 is 0 Å². The molecule has 0 amide bonds. The fourth-order valence-corrected chi connectivity index (χ4v) is 1.99. The van der Waals surface area contributed by atoms with Gasteiger partial charge in [0.25, 0.3) is 5.90 Å². The van der Waals surface area contributed by atoms with Crippen molar-refractivity contribution in [3.63, 3.8) is 0 Å². The van der Waals surface area contributed by atoms with Crippen molar-refractivity contribution < 1.29 is 13.9 Å². The maximum Gasteiger partial charge on any atom is 0.363 e. The first-order valence-corrected chi connectivity index (χ1v) is 6.62. The molecule has 1 aromatic heterocycles. The molecule has 1 aliphatic heterocycles. The van der Waals surface area contributed by atoms with Gasteiger partial charge < -0.3 is 9.15 Å². The number of furan rings is 1. The van der Waals surface area contributed by atoms with Gasteiger partial charge in [-0.05, 0) is 58.5 Å². The first-order valence-electron chi connectivity index (χ1n) is 5.54. The summed E-state index contributed by atoms with van der Waals surface area (Å²) >= 11 is 2.22. The van der Waals surface area contributed by atoms with Gasteiger partial charge >= 0.3 is 5.97 Å². The number of ether oxygens (including phenoxy) is 1. The topological polar surface area (TPSA) is 51.8 Å². The van der Waals surface area contributed by atoms with Gasteiger partial charge in [0, 0.05) is 3.57 Å². The van der Waals surface area contributed by atoms with E-state index in [0.717, 1.165) is 9.13 Å². The van der Waals surface area contributed by atoms with Crippen molar-refractivity contribution in [1.82, 2.24) is 0 Å². The van der Waals surface area contributed by atoms with Crippen LogP contribution < -0.4 is 0 Å². The second kappa shape index (κ2) is 5.00. The molecule has 0 spiro atoms. The molecule has 1 aliphatic rings. The Labute approximate surface area is 122 Å². The van der Waals surface area contributed by atoms with Gasteiger partial charge in [-0.15, -0.1) is 0 Å². The van der Waals surface area contributed by atoms with Gasteiger partial charge in [0.1, 0.15) is 0 Å². The van der Waals surface area contributed by atoms with Crippen molar-refractivity contribution >= 4 is 40.5 Å². The normalized spacial score (nSPS) is 16.6. The van der Waals surface area contributed by atoms with Crippen molar-refractivity contribution in [3.05, 3.63) is 63.3 Å². The van der Waals surface area contributed by atoms with Crippen molar-refractivity contribution in [1.29, 1.82) is 0 Å². The summed E-state index contributed by atoms with van der Waals surface area (Å²) in [5.74, 6) is 0.177. The van der Waals surface area contributed by atoms with E-state index in [4.69, 9.17) is 9.15 Å². The molecule has 94 valence electrons. The van der Waals surface area contributed by atoms with E-state index in [1.807, 2.05) is 24.3 Å². The molecule has 0 aliphatic carbocycles. The first kappa shape index (κ1) is 12.2. The number of benzene rings is 1. The molecule has 0 saturated carbocycles. The molecular weight excluding hydrogens is 357 g/mol. The van der Waals surface area contributed by atoms with Crippen LogP contribution in [0.3, 0.4) is 0 Å². The summed E-state index contributed by atoms with van der Waals surface area (Å²) in [5, 5.41) is 0. The van der Waals surface area contributed by atoms with Crippen LogP contribution >= 0.6 is 22.6 Å². The lowest BCUT2D eigenvalue weighted by Gasteiger charge is -1.94. The SMILES string of the molecule is O=C1OC(c2ccco2)=NC1=Cc1ccc(I)cc1. The van der Waals surface area contributed by atoms with E-state index in [2.05, 4.69) is 27.6 Å². The molecule has 1 aromatic carbocycles. The molecule has 4 nitrogen and oxygen atoms in total. The minimum Gasteiger partial charge on any atom is -0.459 e. The monoisotopic (exact) mass is 365 g/mol. The number of carbonyl (C=O) groups excluding carboxylic acids is 1. The minimum atomic E-state index is -0.468. The van der Waals surface area contributed by atoms with Gasteiger partial charge in [0.2, 0.25) is 0 Å². The molecule has 0 radical (unpaired) electrons. The molecule has 5 heteroatoms. The largest absolute Gasteiger partial charge is 0.459 e. The van der Waals surface area contributed by atoms with Crippen molar-refractivity contribution in [3.8, 4) is 0 Å². The molecule has 19 heavy (non-hydrogen) atoms. The molecular formula is C14H8INO3. The van der Waals surface area contributed by atoms with E-state index in [-0.39, 0.29) is 11.6 Å². The van der Waals surface area contributed by atoms with Crippen LogP contribution in [0.1, 0.15) is 11.3 Å². The molecule has 0 bridgehead atoms. The van der Waals surface area contributed by atoms with Crippen LogP contribution in [0.15, 0.2) is 57.8 Å². The van der Waals surface area contributed by atoms with Crippen LogP contribution in [0.2, 0.25) is 0 Å². The average molecular weight is 365 g/mol. The molecule has 2 aromatic rings. The Hall–Kier alpha value is -1.89. The fourth-order valence-electron chi connectivity index (χ4n) is 1.63. The Kier molecular flexibility index (Phi) is 3.20. The summed E-state index contributed by atoms with van der Waals surface area (Å²) in [6.45, 7) is 0. The molecule has 0 fully saturated rings. The Morgan fingerprint density at radius 1 is 1.16 bits per heavy atom. The smallest absolute Gasteiger partial charge is 0.363 e. The third-order valence-electron chi connectivity index (χ3n) is 2.53. The van der Waals surface area contributed by atoms with Gasteiger partial charge in [-0.25, -0.2) is 9.79 Å². The summed E-state index contributed by atoms with van der Waals surface area (Å²) in [6, 6.07) is 11.2. The Balaban J connectivity index is 1.92. The standard InChI is InChI=1S/C14H8INO3/c15-10-5-3-9(4-6-10)8-11-14(17)19-13(16-11)12-2-1-7-18-12/h1-8H. The lowest BCUT2D eigenvalue weighted by molar-refractivity contribution is -0.130. The summed E-state index contributed by atoms with van der Waals surface area (Å²) < 4.78 is 11.3. The summed E-state index contributed by atoms with van der Waals surface area (Å²) in [5.41, 5.74) is 1.17. The fraction of sp³-hybridized carbons (Fsp3) is 0. The van der Waals surface area contributed by atoms with E-state index in [1.54, 1.807) is 18.2 Å². The second-order valence-corrected chi connectivity index (χ2v) is 5.11. The number of esters is 1. The summed E-state index contributed by atoms with van der Waals surface area (Å²) in [4.78, 5) is 15.8. The predicted octanol–water partition coefficient (Wildman–Crippen LogP) is 3.23. The second-order valence-electron chi connectivity index (χ2n) is 3.86. The number of aliphatic imine (C=N–C) groups is 1. The highest BCUT2D eigenvalue weighted by atomic mass is 127. The van der Waals surface area contributed by atoms with E-state index in [9.17, 15) is 4.79 Å². The van der Waals surface area contributed by atoms with Crippen molar-refractivity contribution in [2.45, 2.75) is 0 Å². The lowest BCUT2D eigenvalue weighted by Crippen LogP contribution is -2.04. The first-order chi connectivity index (χ1) is 9.22. The van der Waals surface area contributed by atoms with Crippen molar-refractivity contribution in [2.24, 2.45) is 4.99 Å². The number of hydrogen-bond donors (Lipinski definition) is 0. The number of carbonyl (C=O) groups is 1. The molecule has 0 saturated heterocycles. The third kappa shape index (κ3) is 2.60. The zero-order valence-corrected chi connectivity index (χ0v) is 11.8. The molecule has 0 unspecified atom stereocenters. The maximum atomic E-state index is 11.7. The van der Waals surface area contributed by atoms with Crippen molar-refractivity contribution in [2.75, 3.05) is 0 Å². The molecule has 0 atom stereocenters. The highest BCUT2D eigenvalue weighted by Gasteiger charge is 2.25. The number of nitrogens with zero attached hydrogens (tertiary/aromatic N) is 1. The quantitative estimate of drug-likeness (QED) is 0.467. The number of rotatable bonds is 2. The van der Waals surface area contributed by atoms with Gasteiger partial charge in [-0.2, -0.15) is 0 Å². The van der Waals surface area contributed by atoms with Crippen LogP contribution in [-0.2, 0) is 9.53 Å². The molecule has 2 heterocycles. The lowest BCUT2D eigenvalue weighted by atomic mass is 10.2. The Bertz CT molecular complexity index is 669. The van der Waals surface area contributed by atoms with E-state index in [0.29, 0.717) is 5.76 Å². The Morgan fingerprint density at radius 2 is 1.95 bits per heavy atom. The van der Waals surface area contributed by atoms with Gasteiger partial charge in [-0.3, -0.25) is 0 Å². The number of hydrogen-bond acceptors (Lipinski definition) is 4. The van der Waals surface area contributed by atoms with Gasteiger partial charge in [0.05, 0.1) is 6.26 Å². The summed E-state index contributed by atoms with van der Waals surface area (Å²) in [6.07, 6.45) is 3.20. The summed E-state index contributed by atoms with van der Waals surface area (Å²) in [7, 11) is 0. The van der Waals surface area contributed by atoms with Crippen LogP contribution in [0, 0.1) is 3.57 Å². The zero-order valence-electron chi connectivity index (χ0n) is 9.67. The van der Waals surface area contributed by atoms with Gasteiger partial charge in [0.15, 0.2) is 11.5 Å². The molecule has 0 N–H and O–H groups in total. The predicted molar refractivity (Wildman–Crippen MR) is 78.5 cm³/mol. The average Bonchev–Trinajstić information content (AvgIpc) is 3.03. The zero-order chi connectivity index (χ0) is 13.2. The van der Waals surface area contributed by atoms with Crippen LogP contribution in [0.4, 0.5) is 0 Å². The van der Waals surface area contributed by atoms with E-state index < -0.39 is 5.97 Å².